The number of halogens is 1. The Balaban J connectivity index is 1.32. The van der Waals surface area contributed by atoms with Gasteiger partial charge >= 0.3 is 5.69 Å². The highest BCUT2D eigenvalue weighted by Gasteiger charge is 2.37. The van der Waals surface area contributed by atoms with E-state index in [2.05, 4.69) is 16.0 Å². The molecule has 2 amide bonds. The van der Waals surface area contributed by atoms with Crippen molar-refractivity contribution in [3.63, 3.8) is 0 Å². The number of hydrogen-bond donors (Lipinski definition) is 3. The molecule has 0 radical (unpaired) electrons. The van der Waals surface area contributed by atoms with Crippen LogP contribution in [0.3, 0.4) is 0 Å². The molecule has 3 N–H and O–H groups in total. The number of anilines is 1. The molecule has 0 spiro atoms. The van der Waals surface area contributed by atoms with Gasteiger partial charge in [-0.15, -0.1) is 0 Å². The van der Waals surface area contributed by atoms with Crippen LogP contribution >= 0.6 is 11.6 Å². The molecular formula is C35H37ClN6O6. The van der Waals surface area contributed by atoms with Gasteiger partial charge in [0.2, 0.25) is 11.8 Å². The van der Waals surface area contributed by atoms with Gasteiger partial charge < -0.3 is 30.0 Å². The molecule has 1 fully saturated rings. The largest absolute Gasteiger partial charge is 0.481 e. The molecule has 3 heterocycles. The summed E-state index contributed by atoms with van der Waals surface area (Å²) in [4.78, 5) is 54.6. The molecule has 2 aliphatic rings. The van der Waals surface area contributed by atoms with Gasteiger partial charge in [-0.25, -0.2) is 9.78 Å². The molecular weight excluding hydrogens is 636 g/mol. The van der Waals surface area contributed by atoms with Crippen molar-refractivity contribution in [2.75, 3.05) is 26.1 Å². The van der Waals surface area contributed by atoms with Crippen LogP contribution in [0.15, 0.2) is 58.3 Å². The number of carbonyl (C=O) groups is 2. The first-order chi connectivity index (χ1) is 23.0. The quantitative estimate of drug-likeness (QED) is 0.245. The molecule has 1 saturated heterocycles. The predicted octanol–water partition coefficient (Wildman–Crippen LogP) is 3.52. The second-order valence-electron chi connectivity index (χ2n) is 12.2. The van der Waals surface area contributed by atoms with Gasteiger partial charge in [0.05, 0.1) is 30.0 Å². The molecule has 0 unspecified atom stereocenters. The fourth-order valence-electron chi connectivity index (χ4n) is 6.60. The number of aromatic nitrogens is 3. The number of benzene rings is 2. The average molecular weight is 673 g/mol. The summed E-state index contributed by atoms with van der Waals surface area (Å²) in [5.74, 6) is -0.0854. The third-order valence-electron chi connectivity index (χ3n) is 9.22. The van der Waals surface area contributed by atoms with Crippen LogP contribution in [0.1, 0.15) is 45.9 Å². The number of ether oxygens (including phenoxy) is 2. The fourth-order valence-corrected chi connectivity index (χ4v) is 6.93. The predicted molar refractivity (Wildman–Crippen MR) is 183 cm³/mol. The van der Waals surface area contributed by atoms with Crippen LogP contribution in [0, 0.1) is 6.92 Å². The first-order valence-electron chi connectivity index (χ1n) is 15.6. The minimum atomic E-state index is -0.682. The van der Waals surface area contributed by atoms with Gasteiger partial charge in [-0.3, -0.25) is 19.0 Å². The highest BCUT2D eigenvalue weighted by Crippen LogP contribution is 2.43. The normalized spacial score (nSPS) is 18.5. The zero-order chi connectivity index (χ0) is 34.3. The van der Waals surface area contributed by atoms with E-state index in [0.29, 0.717) is 47.2 Å². The summed E-state index contributed by atoms with van der Waals surface area (Å²) in [6, 6.07) is 13.1. The zero-order valence-corrected chi connectivity index (χ0v) is 28.1. The van der Waals surface area contributed by atoms with Crippen LogP contribution in [-0.4, -0.2) is 58.8 Å². The van der Waals surface area contributed by atoms with Crippen LogP contribution in [0.2, 0.25) is 5.02 Å². The Labute approximate surface area is 282 Å². The molecule has 0 bridgehead atoms. The molecule has 12 nitrogen and oxygen atoms in total. The van der Waals surface area contributed by atoms with Crippen molar-refractivity contribution in [1.29, 1.82) is 0 Å². The number of aryl methyl sites for hydroxylation is 1. The number of carbonyl (C=O) groups excluding carboxylic acids is 2. The van der Waals surface area contributed by atoms with Gasteiger partial charge in [-0.1, -0.05) is 41.9 Å². The molecule has 250 valence electrons. The monoisotopic (exact) mass is 672 g/mol. The van der Waals surface area contributed by atoms with Gasteiger partial charge in [0, 0.05) is 75.2 Å². The van der Waals surface area contributed by atoms with E-state index in [0.717, 1.165) is 38.8 Å². The van der Waals surface area contributed by atoms with E-state index in [1.165, 1.54) is 24.9 Å². The van der Waals surface area contributed by atoms with Crippen LogP contribution in [0.4, 0.5) is 5.69 Å². The van der Waals surface area contributed by atoms with E-state index in [1.54, 1.807) is 26.4 Å². The van der Waals surface area contributed by atoms with E-state index >= 15 is 0 Å². The third-order valence-corrected chi connectivity index (χ3v) is 9.62. The summed E-state index contributed by atoms with van der Waals surface area (Å²) < 4.78 is 13.8. The van der Waals surface area contributed by atoms with E-state index < -0.39 is 17.2 Å². The maximum Gasteiger partial charge on any atom is 0.330 e. The van der Waals surface area contributed by atoms with E-state index in [9.17, 15) is 19.2 Å². The highest BCUT2D eigenvalue weighted by atomic mass is 35.5. The molecule has 2 aromatic carbocycles. The summed E-state index contributed by atoms with van der Waals surface area (Å²) in [5, 5.41) is 9.87. The fraction of sp³-hybridized carbons (Fsp3) is 0.343. The highest BCUT2D eigenvalue weighted by molar-refractivity contribution is 6.36. The van der Waals surface area contributed by atoms with Crippen LogP contribution in [0.25, 0.3) is 22.4 Å². The SMILES string of the molecule is COc1nc(-c2cccc(-c3cccc(NC(=O)c4cn(C)c(=O)n(C)c4=O)c3C)c2Cl)cc2c1[C@@H](NC[C@@H]1CCC(=O)N1)[C@H](OC)C2. The van der Waals surface area contributed by atoms with Gasteiger partial charge in [-0.2, -0.15) is 0 Å². The number of fused-ring (bicyclic) bond motifs is 1. The van der Waals surface area contributed by atoms with Gasteiger partial charge in [0.15, 0.2) is 0 Å². The lowest BCUT2D eigenvalue weighted by molar-refractivity contribution is -0.119. The van der Waals surface area contributed by atoms with Gasteiger partial charge in [-0.05, 0) is 42.2 Å². The van der Waals surface area contributed by atoms with Crippen molar-refractivity contribution in [1.82, 2.24) is 24.8 Å². The summed E-state index contributed by atoms with van der Waals surface area (Å²) in [6.07, 6.45) is 3.05. The van der Waals surface area contributed by atoms with Crippen molar-refractivity contribution in [2.24, 2.45) is 14.1 Å². The Morgan fingerprint density at radius 2 is 1.81 bits per heavy atom. The van der Waals surface area contributed by atoms with Crippen molar-refractivity contribution in [3.8, 4) is 28.3 Å². The molecule has 6 rings (SSSR count). The van der Waals surface area contributed by atoms with Gasteiger partial charge in [0.25, 0.3) is 11.5 Å². The van der Waals surface area contributed by atoms with Crippen LogP contribution in [0.5, 0.6) is 5.88 Å². The maximum atomic E-state index is 13.2. The standard InChI is InChI=1S/C35H37ClN6O6/c1-18-21(8-7-11-25(18)39-32(44)24-17-41(2)35(46)42(3)34(24)45)22-9-6-10-23(30(22)36)26-14-19-15-27(47-4)31(29(19)33(40-26)48-5)37-16-20-12-13-28(43)38-20/h6-11,14,17,20,27,31,37H,12-13,15-16H2,1-5H3,(H,38,43)(H,39,44)/t20-,27+,31-/m0/s1. The average Bonchev–Trinajstić information content (AvgIpc) is 3.67. The third kappa shape index (κ3) is 6.02. The summed E-state index contributed by atoms with van der Waals surface area (Å²) in [7, 11) is 6.09. The minimum absolute atomic E-state index is 0.0648. The molecule has 0 saturated carbocycles. The molecule has 48 heavy (non-hydrogen) atoms. The van der Waals surface area contributed by atoms with Crippen molar-refractivity contribution in [3.05, 3.63) is 96.8 Å². The summed E-state index contributed by atoms with van der Waals surface area (Å²) in [6.45, 7) is 2.47. The summed E-state index contributed by atoms with van der Waals surface area (Å²) >= 11 is 7.12. The molecule has 4 aromatic rings. The van der Waals surface area contributed by atoms with Crippen molar-refractivity contribution in [2.45, 2.75) is 44.4 Å². The Morgan fingerprint density at radius 3 is 2.52 bits per heavy atom. The summed E-state index contributed by atoms with van der Waals surface area (Å²) in [5.41, 5.74) is 4.69. The maximum absolute atomic E-state index is 13.2. The number of methoxy groups -OCH3 is 2. The zero-order valence-electron chi connectivity index (χ0n) is 27.3. The number of nitrogens with zero attached hydrogens (tertiary/aromatic N) is 3. The topological polar surface area (TPSA) is 146 Å². The Hall–Kier alpha value is -4.78. The second-order valence-corrected chi connectivity index (χ2v) is 12.5. The van der Waals surface area contributed by atoms with E-state index in [-0.39, 0.29) is 29.7 Å². The van der Waals surface area contributed by atoms with Gasteiger partial charge in [0.1, 0.15) is 5.56 Å². The van der Waals surface area contributed by atoms with E-state index in [1.807, 2.05) is 37.3 Å². The lowest BCUT2D eigenvalue weighted by atomic mass is 9.96. The number of pyridine rings is 1. The Morgan fingerprint density at radius 1 is 1.08 bits per heavy atom. The number of nitrogens with one attached hydrogen (secondary N) is 3. The number of hydrogen-bond acceptors (Lipinski definition) is 8. The van der Waals surface area contributed by atoms with Crippen LogP contribution in [-0.2, 0) is 30.0 Å². The van der Waals surface area contributed by atoms with E-state index in [4.69, 9.17) is 26.1 Å². The van der Waals surface area contributed by atoms with Crippen molar-refractivity contribution < 1.29 is 19.1 Å². The number of amides is 2. The van der Waals surface area contributed by atoms with Crippen molar-refractivity contribution >= 4 is 29.1 Å². The molecule has 3 atom stereocenters. The Bertz CT molecular complexity index is 2060. The molecule has 1 aliphatic carbocycles. The molecule has 1 aliphatic heterocycles. The first-order valence-corrected chi connectivity index (χ1v) is 16.0. The lowest BCUT2D eigenvalue weighted by Gasteiger charge is -2.23. The number of rotatable bonds is 9. The smallest absolute Gasteiger partial charge is 0.330 e. The van der Waals surface area contributed by atoms with Crippen LogP contribution < -0.4 is 31.9 Å². The minimum Gasteiger partial charge on any atom is -0.481 e. The molecule has 13 heteroatoms. The lowest BCUT2D eigenvalue weighted by Crippen LogP contribution is -2.40. The Kier molecular flexibility index (Phi) is 9.24. The first kappa shape index (κ1) is 33.1. The second kappa shape index (κ2) is 13.4. The molecule has 2 aromatic heterocycles.